The van der Waals surface area contributed by atoms with Gasteiger partial charge in [-0.15, -0.1) is 0 Å². The number of carbonyl (C=O) groups excluding carboxylic acids is 1. The van der Waals surface area contributed by atoms with Gasteiger partial charge in [0, 0.05) is 30.4 Å². The first kappa shape index (κ1) is 22.3. The maximum atomic E-state index is 11.9. The lowest BCUT2D eigenvalue weighted by Gasteiger charge is -2.28. The zero-order valence-electron chi connectivity index (χ0n) is 18.0. The lowest BCUT2D eigenvalue weighted by molar-refractivity contribution is -0.119. The van der Waals surface area contributed by atoms with E-state index in [4.69, 9.17) is 28.6 Å². The van der Waals surface area contributed by atoms with Crippen LogP contribution in [0.4, 0.5) is 11.4 Å². The summed E-state index contributed by atoms with van der Waals surface area (Å²) in [4.78, 5) is 21.9. The second-order valence-corrected chi connectivity index (χ2v) is 8.47. The van der Waals surface area contributed by atoms with Gasteiger partial charge in [0.2, 0.25) is 5.91 Å². The van der Waals surface area contributed by atoms with Crippen LogP contribution >= 0.6 is 23.8 Å². The van der Waals surface area contributed by atoms with Crippen molar-refractivity contribution in [1.82, 2.24) is 15.3 Å². The molecule has 0 bridgehead atoms. The fourth-order valence-corrected chi connectivity index (χ4v) is 4.64. The number of hydrogen-bond donors (Lipinski definition) is 3. The topological polar surface area (TPSA) is 82.3 Å². The largest absolute Gasteiger partial charge is 0.375 e. The Kier molecular flexibility index (Phi) is 6.45. The van der Waals surface area contributed by atoms with Gasteiger partial charge in [-0.25, -0.2) is 0 Å². The van der Waals surface area contributed by atoms with Crippen LogP contribution in [0.3, 0.4) is 0 Å². The first-order valence-corrected chi connectivity index (χ1v) is 10.9. The Bertz CT molecular complexity index is 1150. The number of rotatable bonds is 6. The average Bonchev–Trinajstić information content (AvgIpc) is 3.28. The third-order valence-electron chi connectivity index (χ3n) is 5.39. The third kappa shape index (κ3) is 4.34. The summed E-state index contributed by atoms with van der Waals surface area (Å²) in [6.07, 6.45) is 1.78. The van der Waals surface area contributed by atoms with Crippen LogP contribution in [0.5, 0.6) is 0 Å². The van der Waals surface area contributed by atoms with E-state index < -0.39 is 0 Å². The summed E-state index contributed by atoms with van der Waals surface area (Å²) in [7, 11) is 1.47. The van der Waals surface area contributed by atoms with Gasteiger partial charge in [0.05, 0.1) is 28.5 Å². The second-order valence-electron chi connectivity index (χ2n) is 7.67. The van der Waals surface area contributed by atoms with Crippen molar-refractivity contribution < 1.29 is 9.53 Å². The van der Waals surface area contributed by atoms with E-state index in [-0.39, 0.29) is 24.6 Å². The number of halogens is 1. The Labute approximate surface area is 197 Å². The van der Waals surface area contributed by atoms with Gasteiger partial charge < -0.3 is 25.3 Å². The number of aromatic amines is 1. The number of H-pyrrole nitrogens is 1. The van der Waals surface area contributed by atoms with Crippen LogP contribution in [0.15, 0.2) is 48.7 Å². The fourth-order valence-electron chi connectivity index (χ4n) is 4.07. The standard InChI is InChI=1S/C23H24ClN5O2S/c1-13-10-16(14(2)26-13)22-21(19-6-4-5-9-25-19)28-23(32)29(22)15-7-8-18(17(24)11-15)27-20(30)12-31-3/h4-11,21-22,26H,12H2,1-3H3,(H,27,30)(H,28,32)/t21-,22+/m0/s1. The number of methoxy groups -OCH3 is 1. The summed E-state index contributed by atoms with van der Waals surface area (Å²) < 4.78 is 4.87. The van der Waals surface area contributed by atoms with Crippen molar-refractivity contribution in [3.05, 3.63) is 76.3 Å². The predicted molar refractivity (Wildman–Crippen MR) is 130 cm³/mol. The Hall–Kier alpha value is -2.94. The van der Waals surface area contributed by atoms with Gasteiger partial charge in [-0.05, 0) is 68.0 Å². The number of aryl methyl sites for hydroxylation is 2. The Morgan fingerprint density at radius 2 is 2.09 bits per heavy atom. The van der Waals surface area contributed by atoms with Crippen molar-refractivity contribution in [2.45, 2.75) is 25.9 Å². The van der Waals surface area contributed by atoms with E-state index in [1.54, 1.807) is 18.3 Å². The number of ether oxygens (including phenoxy) is 1. The average molecular weight is 470 g/mol. The number of amides is 1. The quantitative estimate of drug-likeness (QED) is 0.463. The van der Waals surface area contributed by atoms with Crippen molar-refractivity contribution in [2.24, 2.45) is 0 Å². The highest BCUT2D eigenvalue weighted by molar-refractivity contribution is 7.80. The molecule has 1 aliphatic rings. The van der Waals surface area contributed by atoms with Gasteiger partial charge in [-0.2, -0.15) is 0 Å². The number of pyridine rings is 1. The monoisotopic (exact) mass is 469 g/mol. The maximum absolute atomic E-state index is 11.9. The highest BCUT2D eigenvalue weighted by Gasteiger charge is 2.41. The summed E-state index contributed by atoms with van der Waals surface area (Å²) in [5, 5.41) is 7.18. The molecule has 2 aromatic heterocycles. The zero-order chi connectivity index (χ0) is 22.8. The molecule has 1 saturated heterocycles. The van der Waals surface area contributed by atoms with Crippen molar-refractivity contribution >= 4 is 46.2 Å². The van der Waals surface area contributed by atoms with E-state index in [0.717, 1.165) is 28.3 Å². The third-order valence-corrected chi connectivity index (χ3v) is 6.01. The molecule has 166 valence electrons. The van der Waals surface area contributed by atoms with E-state index in [2.05, 4.69) is 38.5 Å². The molecule has 1 amide bonds. The summed E-state index contributed by atoms with van der Waals surface area (Å²) in [5.74, 6) is -0.271. The number of anilines is 2. The van der Waals surface area contributed by atoms with E-state index in [0.29, 0.717) is 15.8 Å². The van der Waals surface area contributed by atoms with Crippen molar-refractivity contribution in [3.63, 3.8) is 0 Å². The van der Waals surface area contributed by atoms with Crippen LogP contribution in [-0.4, -0.2) is 34.7 Å². The lowest BCUT2D eigenvalue weighted by atomic mass is 9.96. The second kappa shape index (κ2) is 9.28. The molecule has 1 fully saturated rings. The van der Waals surface area contributed by atoms with Crippen LogP contribution in [0.1, 0.15) is 34.7 Å². The number of thiocarbonyl (C=S) groups is 1. The first-order chi connectivity index (χ1) is 15.4. The summed E-state index contributed by atoms with van der Waals surface area (Å²) in [6.45, 7) is 4.04. The van der Waals surface area contributed by atoms with Gasteiger partial charge in [-0.3, -0.25) is 9.78 Å². The number of benzene rings is 1. The lowest BCUT2D eigenvalue weighted by Crippen LogP contribution is -2.29. The van der Waals surface area contributed by atoms with Crippen LogP contribution in [-0.2, 0) is 9.53 Å². The minimum absolute atomic E-state index is 0.0435. The van der Waals surface area contributed by atoms with E-state index in [9.17, 15) is 4.79 Å². The number of carbonyl (C=O) groups is 1. The molecular weight excluding hydrogens is 446 g/mol. The van der Waals surface area contributed by atoms with Crippen LogP contribution < -0.4 is 15.5 Å². The summed E-state index contributed by atoms with van der Waals surface area (Å²) in [5.41, 5.74) is 5.50. The Morgan fingerprint density at radius 1 is 1.28 bits per heavy atom. The molecule has 3 N–H and O–H groups in total. The highest BCUT2D eigenvalue weighted by Crippen LogP contribution is 2.43. The van der Waals surface area contributed by atoms with Gasteiger partial charge in [0.25, 0.3) is 0 Å². The van der Waals surface area contributed by atoms with Crippen LogP contribution in [0.25, 0.3) is 0 Å². The van der Waals surface area contributed by atoms with Crippen molar-refractivity contribution in [3.8, 4) is 0 Å². The molecule has 1 aromatic carbocycles. The Balaban J connectivity index is 1.74. The molecule has 0 spiro atoms. The van der Waals surface area contributed by atoms with Crippen molar-refractivity contribution in [1.29, 1.82) is 0 Å². The van der Waals surface area contributed by atoms with Gasteiger partial charge in [0.15, 0.2) is 5.11 Å². The number of aromatic nitrogens is 2. The summed E-state index contributed by atoms with van der Waals surface area (Å²) in [6, 6.07) is 13.2. The predicted octanol–water partition coefficient (Wildman–Crippen LogP) is 4.44. The smallest absolute Gasteiger partial charge is 0.250 e. The van der Waals surface area contributed by atoms with Gasteiger partial charge >= 0.3 is 0 Å². The SMILES string of the molecule is COCC(=O)Nc1ccc(N2C(=S)N[C@@H](c3ccccn3)[C@H]2c2cc(C)[nH]c2C)cc1Cl. The fraction of sp³-hybridized carbons (Fsp3) is 0.261. The Morgan fingerprint density at radius 3 is 2.72 bits per heavy atom. The number of hydrogen-bond acceptors (Lipinski definition) is 4. The van der Waals surface area contributed by atoms with E-state index in [1.807, 2.05) is 31.2 Å². The van der Waals surface area contributed by atoms with Crippen LogP contribution in [0, 0.1) is 13.8 Å². The van der Waals surface area contributed by atoms with Crippen LogP contribution in [0.2, 0.25) is 5.02 Å². The number of nitrogens with one attached hydrogen (secondary N) is 3. The molecule has 0 unspecified atom stereocenters. The molecule has 4 rings (SSSR count). The summed E-state index contributed by atoms with van der Waals surface area (Å²) >= 11 is 12.3. The molecule has 0 aliphatic carbocycles. The molecule has 9 heteroatoms. The van der Waals surface area contributed by atoms with E-state index in [1.165, 1.54) is 7.11 Å². The molecule has 2 atom stereocenters. The minimum atomic E-state index is -0.271. The molecule has 7 nitrogen and oxygen atoms in total. The molecular formula is C23H24ClN5O2S. The minimum Gasteiger partial charge on any atom is -0.375 e. The molecule has 3 aromatic rings. The molecule has 1 aliphatic heterocycles. The van der Waals surface area contributed by atoms with E-state index >= 15 is 0 Å². The number of nitrogens with zero attached hydrogens (tertiary/aromatic N) is 2. The normalized spacial score (nSPS) is 18.0. The maximum Gasteiger partial charge on any atom is 0.250 e. The van der Waals surface area contributed by atoms with Gasteiger partial charge in [0.1, 0.15) is 6.61 Å². The first-order valence-electron chi connectivity index (χ1n) is 10.1. The van der Waals surface area contributed by atoms with Gasteiger partial charge in [-0.1, -0.05) is 17.7 Å². The van der Waals surface area contributed by atoms with Crippen molar-refractivity contribution in [2.75, 3.05) is 23.9 Å². The molecule has 3 heterocycles. The highest BCUT2D eigenvalue weighted by atomic mass is 35.5. The molecule has 32 heavy (non-hydrogen) atoms. The molecule has 0 saturated carbocycles. The zero-order valence-corrected chi connectivity index (χ0v) is 19.6. The molecule has 0 radical (unpaired) electrons.